The number of allylic oxidation sites excluding steroid dienone is 4. The fraction of sp³-hybridized carbons (Fsp3) is 0.0870. The van der Waals surface area contributed by atoms with E-state index in [2.05, 4.69) is 78.9 Å². The molecule has 1 aliphatic carbocycles. The van der Waals surface area contributed by atoms with Gasteiger partial charge in [0.2, 0.25) is 0 Å². The van der Waals surface area contributed by atoms with E-state index in [4.69, 9.17) is 0 Å². The Kier molecular flexibility index (Phi) is 10.9. The van der Waals surface area contributed by atoms with E-state index < -0.39 is 0 Å². The molecule has 1 aliphatic rings. The number of fused-ring (bicyclic) bond motifs is 4. The van der Waals surface area contributed by atoms with Gasteiger partial charge >= 0.3 is 26.2 Å². The number of benzene rings is 3. The Morgan fingerprint density at radius 2 is 1.42 bits per heavy atom. The molecule has 0 heterocycles. The Morgan fingerprint density at radius 3 is 2.04 bits per heavy atom. The van der Waals surface area contributed by atoms with Crippen LogP contribution in [0.4, 0.5) is 0 Å². The first-order valence-electron chi connectivity index (χ1n) is 7.60. The molecule has 4 aromatic rings. The van der Waals surface area contributed by atoms with Gasteiger partial charge in [0.05, 0.1) is 0 Å². The molecule has 0 aliphatic heterocycles. The zero-order valence-electron chi connectivity index (χ0n) is 13.5. The number of halogens is 2. The second-order valence-corrected chi connectivity index (χ2v) is 5.52. The summed E-state index contributed by atoms with van der Waals surface area (Å²) in [4.78, 5) is 0. The molecule has 0 bridgehead atoms. The van der Waals surface area contributed by atoms with Crippen molar-refractivity contribution in [2.45, 2.75) is 13.8 Å². The van der Waals surface area contributed by atoms with E-state index in [1.54, 1.807) is 0 Å². The minimum absolute atomic E-state index is 0. The van der Waals surface area contributed by atoms with E-state index in [0.717, 1.165) is 6.42 Å². The Hall–Kier alpha value is -1.27. The van der Waals surface area contributed by atoms with Gasteiger partial charge in [0.25, 0.3) is 0 Å². The normalized spacial score (nSPS) is 10.9. The predicted octanol–water partition coefficient (Wildman–Crippen LogP) is 0.812. The minimum Gasteiger partial charge on any atom is -1.00 e. The molecule has 5 rings (SSSR count). The summed E-state index contributed by atoms with van der Waals surface area (Å²) < 4.78 is 0. The van der Waals surface area contributed by atoms with Crippen LogP contribution in [0.15, 0.2) is 85.0 Å². The SMILES string of the molecule is C.[C-]1=CC=CC1.[Cl-].[Cl-].[Zr+4].c1ccc2cc3c(cc2c1)[cH-]c1ccccc13. The van der Waals surface area contributed by atoms with Crippen LogP contribution in [0.3, 0.4) is 0 Å². The molecule has 4 aromatic carbocycles. The van der Waals surface area contributed by atoms with Gasteiger partial charge in [-0.25, -0.2) is 12.2 Å². The maximum absolute atomic E-state index is 2.99. The summed E-state index contributed by atoms with van der Waals surface area (Å²) >= 11 is 0. The second-order valence-electron chi connectivity index (χ2n) is 5.52. The Bertz CT molecular complexity index is 996. The summed E-state index contributed by atoms with van der Waals surface area (Å²) in [7, 11) is 0. The summed E-state index contributed by atoms with van der Waals surface area (Å²) in [6, 6.07) is 24.0. The zero-order chi connectivity index (χ0) is 14.8. The van der Waals surface area contributed by atoms with Crippen LogP contribution in [0.2, 0.25) is 0 Å². The first kappa shape index (κ1) is 24.7. The fourth-order valence-corrected chi connectivity index (χ4v) is 2.99. The first-order chi connectivity index (χ1) is 10.9. The molecule has 0 radical (unpaired) electrons. The Labute approximate surface area is 187 Å². The first-order valence-corrected chi connectivity index (χ1v) is 7.60. The van der Waals surface area contributed by atoms with Gasteiger partial charge in [-0.3, -0.25) is 6.08 Å². The molecule has 26 heavy (non-hydrogen) atoms. The van der Waals surface area contributed by atoms with Crippen molar-refractivity contribution in [3.63, 3.8) is 0 Å². The van der Waals surface area contributed by atoms with Crippen molar-refractivity contribution in [2.24, 2.45) is 0 Å². The molecule has 0 amide bonds. The maximum Gasteiger partial charge on any atom is 4.00 e. The largest absolute Gasteiger partial charge is 4.00 e. The van der Waals surface area contributed by atoms with Gasteiger partial charge in [-0.15, -0.1) is 46.2 Å². The van der Waals surface area contributed by atoms with Crippen LogP contribution in [0.1, 0.15) is 13.8 Å². The summed E-state index contributed by atoms with van der Waals surface area (Å²) in [5, 5.41) is 8.02. The van der Waals surface area contributed by atoms with E-state index in [1.165, 1.54) is 32.3 Å². The van der Waals surface area contributed by atoms with Crippen LogP contribution in [-0.2, 0) is 26.2 Å². The van der Waals surface area contributed by atoms with Crippen molar-refractivity contribution in [1.29, 1.82) is 0 Å². The van der Waals surface area contributed by atoms with Gasteiger partial charge in [0.15, 0.2) is 0 Å². The van der Waals surface area contributed by atoms with Crippen molar-refractivity contribution in [3.05, 3.63) is 91.0 Å². The molecule has 0 atom stereocenters. The monoisotopic (exact) mass is 456 g/mol. The number of hydrogen-bond acceptors (Lipinski definition) is 0. The van der Waals surface area contributed by atoms with Crippen molar-refractivity contribution < 1.29 is 51.0 Å². The van der Waals surface area contributed by atoms with E-state index in [9.17, 15) is 0 Å². The van der Waals surface area contributed by atoms with Crippen LogP contribution in [0, 0.1) is 6.08 Å². The van der Waals surface area contributed by atoms with Gasteiger partial charge in [-0.05, 0) is 5.39 Å². The Morgan fingerprint density at radius 1 is 0.769 bits per heavy atom. The van der Waals surface area contributed by atoms with Gasteiger partial charge < -0.3 is 24.8 Å². The average Bonchev–Trinajstić information content (AvgIpc) is 3.24. The molecular formula is C23H20Cl2Zr. The van der Waals surface area contributed by atoms with Crippen LogP contribution in [0.5, 0.6) is 0 Å². The van der Waals surface area contributed by atoms with Crippen LogP contribution in [-0.4, -0.2) is 0 Å². The minimum atomic E-state index is 0. The standard InChI is InChI=1S/C17H11.C5H5.CH4.2ClH.Zr/c1-2-6-13-11-17-15(9-12(13)5-1)10-14-7-3-4-8-16(14)17;1-2-4-5-3-1;;;;/h1-11H;1-3H,4H2;1H4;2*1H;/q2*-1;;;;+4/p-2. The van der Waals surface area contributed by atoms with Gasteiger partial charge in [0, 0.05) is 0 Å². The molecule has 0 aromatic heterocycles. The third kappa shape index (κ3) is 5.13. The maximum atomic E-state index is 2.99. The van der Waals surface area contributed by atoms with Gasteiger partial charge in [-0.1, -0.05) is 61.3 Å². The van der Waals surface area contributed by atoms with Gasteiger partial charge in [0.1, 0.15) is 0 Å². The predicted molar refractivity (Wildman–Crippen MR) is 103 cm³/mol. The van der Waals surface area contributed by atoms with E-state index >= 15 is 0 Å². The molecule has 0 spiro atoms. The molecule has 0 nitrogen and oxygen atoms in total. The molecule has 0 saturated carbocycles. The molecule has 0 fully saturated rings. The van der Waals surface area contributed by atoms with E-state index in [-0.39, 0.29) is 58.4 Å². The summed E-state index contributed by atoms with van der Waals surface area (Å²) in [5.74, 6) is 0. The Balaban J connectivity index is 0.000000615. The third-order valence-electron chi connectivity index (χ3n) is 4.07. The molecule has 0 unspecified atom stereocenters. The third-order valence-corrected chi connectivity index (χ3v) is 4.07. The van der Waals surface area contributed by atoms with Crippen molar-refractivity contribution in [3.8, 4) is 0 Å². The topological polar surface area (TPSA) is 0 Å². The van der Waals surface area contributed by atoms with Gasteiger partial charge in [-0.2, -0.15) is 6.08 Å². The average molecular weight is 459 g/mol. The fourth-order valence-electron chi connectivity index (χ4n) is 2.99. The second kappa shape index (κ2) is 11.4. The summed E-state index contributed by atoms with van der Waals surface area (Å²) in [6.07, 6.45) is 10.0. The number of rotatable bonds is 0. The van der Waals surface area contributed by atoms with Crippen molar-refractivity contribution in [1.82, 2.24) is 0 Å². The molecule has 0 N–H and O–H groups in total. The summed E-state index contributed by atoms with van der Waals surface area (Å²) in [5.41, 5.74) is 0. The van der Waals surface area contributed by atoms with E-state index in [1.807, 2.05) is 12.2 Å². The zero-order valence-corrected chi connectivity index (χ0v) is 17.5. The summed E-state index contributed by atoms with van der Waals surface area (Å²) in [6.45, 7) is 0. The quantitative estimate of drug-likeness (QED) is 0.342. The molecule has 3 heteroatoms. The molecule has 130 valence electrons. The smallest absolute Gasteiger partial charge is 1.00 e. The van der Waals surface area contributed by atoms with Crippen molar-refractivity contribution >= 4 is 32.3 Å². The van der Waals surface area contributed by atoms with Crippen LogP contribution < -0.4 is 24.8 Å². The van der Waals surface area contributed by atoms with Crippen molar-refractivity contribution in [2.75, 3.05) is 0 Å². The van der Waals surface area contributed by atoms with E-state index in [0.29, 0.717) is 0 Å². The number of hydrogen-bond donors (Lipinski definition) is 0. The molecule has 0 saturated heterocycles. The van der Waals surface area contributed by atoms with Crippen LogP contribution in [0.25, 0.3) is 32.3 Å². The van der Waals surface area contributed by atoms with Crippen LogP contribution >= 0.6 is 0 Å². The molecular weight excluding hydrogens is 438 g/mol.